The maximum atomic E-state index is 12.3. The van der Waals surface area contributed by atoms with Gasteiger partial charge in [0.15, 0.2) is 0 Å². The van der Waals surface area contributed by atoms with E-state index in [2.05, 4.69) is 11.8 Å². The van der Waals surface area contributed by atoms with Crippen LogP contribution in [0.15, 0.2) is 24.3 Å². The number of hydrogen-bond acceptors (Lipinski definition) is 3. The third-order valence-electron chi connectivity index (χ3n) is 5.11. The van der Waals surface area contributed by atoms with Gasteiger partial charge in [0, 0.05) is 18.2 Å². The molecule has 0 saturated carbocycles. The number of ether oxygens (including phenoxy) is 1. The minimum Gasteiger partial charge on any atom is -0.439 e. The van der Waals surface area contributed by atoms with E-state index < -0.39 is 0 Å². The fraction of sp³-hybridized carbons (Fsp3) is 0.562. The van der Waals surface area contributed by atoms with Crippen LogP contribution in [-0.2, 0) is 4.74 Å². The summed E-state index contributed by atoms with van der Waals surface area (Å²) in [5, 5.41) is 0. The Hall–Kier alpha value is -1.55. The number of benzene rings is 1. The summed E-state index contributed by atoms with van der Waals surface area (Å²) in [5.41, 5.74) is 1.89. The van der Waals surface area contributed by atoms with E-state index in [1.54, 1.807) is 4.90 Å². The minimum absolute atomic E-state index is 0.178. The van der Waals surface area contributed by atoms with Crippen LogP contribution in [0.2, 0.25) is 0 Å². The molecule has 0 radical (unpaired) electrons. The zero-order valence-corrected chi connectivity index (χ0v) is 11.8. The third kappa shape index (κ3) is 1.74. The first-order chi connectivity index (χ1) is 9.66. The molecule has 4 aliphatic rings. The summed E-state index contributed by atoms with van der Waals surface area (Å²) >= 11 is 0. The quantitative estimate of drug-likeness (QED) is 0.787. The molecule has 1 amide bonds. The van der Waals surface area contributed by atoms with Crippen LogP contribution in [-0.4, -0.2) is 42.8 Å². The Morgan fingerprint density at radius 3 is 2.45 bits per heavy atom. The van der Waals surface area contributed by atoms with E-state index in [4.69, 9.17) is 4.74 Å². The maximum absolute atomic E-state index is 12.3. The van der Waals surface area contributed by atoms with E-state index in [-0.39, 0.29) is 11.7 Å². The van der Waals surface area contributed by atoms with Crippen molar-refractivity contribution < 1.29 is 9.53 Å². The molecule has 4 saturated heterocycles. The molecule has 1 aromatic carbocycles. The molecule has 1 atom stereocenters. The summed E-state index contributed by atoms with van der Waals surface area (Å²) in [6.07, 6.45) is 2.15. The van der Waals surface area contributed by atoms with Crippen molar-refractivity contribution in [3.63, 3.8) is 0 Å². The number of hydrogen-bond donors (Lipinski definition) is 0. The third-order valence-corrected chi connectivity index (χ3v) is 5.11. The molecule has 4 heterocycles. The van der Waals surface area contributed by atoms with Gasteiger partial charge in [0.1, 0.15) is 5.60 Å². The van der Waals surface area contributed by atoms with Crippen molar-refractivity contribution in [2.24, 2.45) is 5.92 Å². The van der Waals surface area contributed by atoms with E-state index in [1.165, 1.54) is 5.56 Å². The molecule has 0 unspecified atom stereocenters. The van der Waals surface area contributed by atoms with E-state index in [0.717, 1.165) is 38.2 Å². The number of rotatable bonds is 1. The fourth-order valence-electron chi connectivity index (χ4n) is 3.93. The van der Waals surface area contributed by atoms with Crippen molar-refractivity contribution >= 4 is 11.8 Å². The molecule has 4 nitrogen and oxygen atoms in total. The van der Waals surface area contributed by atoms with Crippen LogP contribution in [0.25, 0.3) is 0 Å². The van der Waals surface area contributed by atoms with Crippen LogP contribution in [0.5, 0.6) is 0 Å². The Labute approximate surface area is 119 Å². The molecule has 0 aliphatic carbocycles. The van der Waals surface area contributed by atoms with Gasteiger partial charge in [-0.2, -0.15) is 0 Å². The average Bonchev–Trinajstić information content (AvgIpc) is 2.77. The SMILES string of the molecule is Cc1ccc(N2C[C@@]3(CN4CCC3CC4)OC2=O)cc1. The van der Waals surface area contributed by atoms with Gasteiger partial charge in [-0.25, -0.2) is 4.79 Å². The van der Waals surface area contributed by atoms with Gasteiger partial charge >= 0.3 is 6.09 Å². The number of aryl methyl sites for hydroxylation is 1. The first-order valence-corrected chi connectivity index (χ1v) is 7.46. The molecule has 4 heteroatoms. The van der Waals surface area contributed by atoms with Gasteiger partial charge < -0.3 is 4.74 Å². The zero-order chi connectivity index (χ0) is 13.7. The molecule has 1 aromatic rings. The topological polar surface area (TPSA) is 32.8 Å². The van der Waals surface area contributed by atoms with Crippen molar-refractivity contribution in [1.29, 1.82) is 0 Å². The van der Waals surface area contributed by atoms with E-state index in [9.17, 15) is 4.79 Å². The standard InChI is InChI=1S/C16H20N2O2/c1-12-2-4-14(5-3-12)18-11-16(20-15(18)19)10-17-8-6-13(16)7-9-17/h2-5,13H,6-11H2,1H3/t16-/m1/s1. The highest BCUT2D eigenvalue weighted by atomic mass is 16.6. The summed E-state index contributed by atoms with van der Waals surface area (Å²) in [5.74, 6) is 0.534. The largest absolute Gasteiger partial charge is 0.439 e. The van der Waals surface area contributed by atoms with Crippen LogP contribution in [0.1, 0.15) is 18.4 Å². The lowest BCUT2D eigenvalue weighted by molar-refractivity contribution is -0.0881. The summed E-state index contributed by atoms with van der Waals surface area (Å²) < 4.78 is 5.87. The van der Waals surface area contributed by atoms with Crippen molar-refractivity contribution in [3.05, 3.63) is 29.8 Å². The number of carbonyl (C=O) groups excluding carboxylic acids is 1. The Morgan fingerprint density at radius 2 is 1.85 bits per heavy atom. The first-order valence-electron chi connectivity index (χ1n) is 7.46. The van der Waals surface area contributed by atoms with Crippen LogP contribution in [0, 0.1) is 12.8 Å². The molecular formula is C16H20N2O2. The normalized spacial score (nSPS) is 35.6. The molecule has 5 rings (SSSR count). The molecule has 0 aromatic heterocycles. The second kappa shape index (κ2) is 4.22. The van der Waals surface area contributed by atoms with Gasteiger partial charge in [0.25, 0.3) is 0 Å². The predicted molar refractivity (Wildman–Crippen MR) is 76.9 cm³/mol. The Morgan fingerprint density at radius 1 is 1.15 bits per heavy atom. The molecule has 0 N–H and O–H groups in total. The van der Waals surface area contributed by atoms with Crippen LogP contribution < -0.4 is 4.90 Å². The Kier molecular flexibility index (Phi) is 2.58. The predicted octanol–water partition coefficient (Wildman–Crippen LogP) is 2.42. The monoisotopic (exact) mass is 272 g/mol. The minimum atomic E-state index is -0.265. The number of carbonyl (C=O) groups is 1. The summed E-state index contributed by atoms with van der Waals surface area (Å²) in [4.78, 5) is 16.5. The average molecular weight is 272 g/mol. The number of anilines is 1. The number of fused-ring (bicyclic) bond motifs is 2. The highest BCUT2D eigenvalue weighted by Crippen LogP contribution is 2.43. The lowest BCUT2D eigenvalue weighted by Gasteiger charge is -2.49. The number of piperidine rings is 3. The molecule has 4 fully saturated rings. The van der Waals surface area contributed by atoms with Gasteiger partial charge in [-0.15, -0.1) is 0 Å². The zero-order valence-electron chi connectivity index (χ0n) is 11.8. The van der Waals surface area contributed by atoms with Gasteiger partial charge in [-0.05, 0) is 45.0 Å². The van der Waals surface area contributed by atoms with Gasteiger partial charge in [0.05, 0.1) is 6.54 Å². The smallest absolute Gasteiger partial charge is 0.415 e. The van der Waals surface area contributed by atoms with E-state index in [0.29, 0.717) is 12.5 Å². The highest BCUT2D eigenvalue weighted by Gasteiger charge is 2.55. The highest BCUT2D eigenvalue weighted by molar-refractivity contribution is 5.90. The summed E-state index contributed by atoms with van der Waals surface area (Å²) in [6, 6.07) is 8.11. The lowest BCUT2D eigenvalue weighted by Crippen LogP contribution is -2.61. The van der Waals surface area contributed by atoms with Crippen molar-refractivity contribution in [2.75, 3.05) is 31.1 Å². The molecule has 20 heavy (non-hydrogen) atoms. The molecule has 4 aliphatic heterocycles. The van der Waals surface area contributed by atoms with Gasteiger partial charge in [-0.3, -0.25) is 9.80 Å². The van der Waals surface area contributed by atoms with Gasteiger partial charge in [-0.1, -0.05) is 17.7 Å². The van der Waals surface area contributed by atoms with Crippen LogP contribution in [0.4, 0.5) is 10.5 Å². The number of nitrogens with zero attached hydrogens (tertiary/aromatic N) is 2. The van der Waals surface area contributed by atoms with Crippen molar-refractivity contribution in [2.45, 2.75) is 25.4 Å². The fourth-order valence-corrected chi connectivity index (χ4v) is 3.93. The Balaban J connectivity index is 1.62. The van der Waals surface area contributed by atoms with Gasteiger partial charge in [0.2, 0.25) is 0 Å². The second-order valence-electron chi connectivity index (χ2n) is 6.40. The molecule has 1 spiro atoms. The lowest BCUT2D eigenvalue weighted by atomic mass is 9.75. The second-order valence-corrected chi connectivity index (χ2v) is 6.40. The summed E-state index contributed by atoms with van der Waals surface area (Å²) in [6.45, 7) is 5.99. The van der Waals surface area contributed by atoms with E-state index in [1.807, 2.05) is 24.3 Å². The van der Waals surface area contributed by atoms with Crippen molar-refractivity contribution in [3.8, 4) is 0 Å². The Bertz CT molecular complexity index is 534. The number of amides is 1. The molecule has 106 valence electrons. The van der Waals surface area contributed by atoms with Crippen molar-refractivity contribution in [1.82, 2.24) is 4.90 Å². The summed E-state index contributed by atoms with van der Waals surface area (Å²) in [7, 11) is 0. The molecular weight excluding hydrogens is 252 g/mol. The van der Waals surface area contributed by atoms with Crippen LogP contribution >= 0.6 is 0 Å². The first kappa shape index (κ1) is 12.2. The van der Waals surface area contributed by atoms with Crippen LogP contribution in [0.3, 0.4) is 0 Å². The van der Waals surface area contributed by atoms with E-state index >= 15 is 0 Å². The maximum Gasteiger partial charge on any atom is 0.415 e. The molecule has 2 bridgehead atoms.